The van der Waals surface area contributed by atoms with Crippen molar-refractivity contribution >= 4 is 57.8 Å². The highest BCUT2D eigenvalue weighted by molar-refractivity contribution is 6.38. The van der Waals surface area contributed by atoms with E-state index < -0.39 is 0 Å². The molecule has 1 aliphatic rings. The maximum absolute atomic E-state index is 13.1. The fourth-order valence-electron chi connectivity index (χ4n) is 5.36. The van der Waals surface area contributed by atoms with Gasteiger partial charge >= 0.3 is 6.09 Å². The number of nitrogens with one attached hydrogen (secondary N) is 1. The number of ether oxygens (including phenoxy) is 3. The van der Waals surface area contributed by atoms with Crippen molar-refractivity contribution in [3.8, 4) is 11.8 Å². The molecule has 13 nitrogen and oxygen atoms in total. The van der Waals surface area contributed by atoms with Crippen molar-refractivity contribution in [2.45, 2.75) is 19.6 Å². The van der Waals surface area contributed by atoms with Gasteiger partial charge in [-0.1, -0.05) is 35.3 Å². The van der Waals surface area contributed by atoms with Crippen LogP contribution >= 0.6 is 23.2 Å². The molecular weight excluding hydrogens is 661 g/mol. The number of carbonyl (C=O) groups excluding carboxylic acids is 3. The van der Waals surface area contributed by atoms with Crippen LogP contribution in [0.2, 0.25) is 10.0 Å². The lowest BCUT2D eigenvalue weighted by Crippen LogP contribution is -2.49. The number of anilines is 1. The van der Waals surface area contributed by atoms with Crippen LogP contribution in [0.3, 0.4) is 0 Å². The van der Waals surface area contributed by atoms with Crippen LogP contribution in [0.5, 0.6) is 11.8 Å². The molecule has 3 heterocycles. The van der Waals surface area contributed by atoms with Gasteiger partial charge in [-0.05, 0) is 36.4 Å². The van der Waals surface area contributed by atoms with E-state index in [1.54, 1.807) is 43.5 Å². The molecule has 254 valence electrons. The molecule has 0 spiro atoms. The van der Waals surface area contributed by atoms with Crippen molar-refractivity contribution in [1.29, 1.82) is 0 Å². The van der Waals surface area contributed by atoms with E-state index in [-0.39, 0.29) is 42.5 Å². The minimum absolute atomic E-state index is 0.00664. The van der Waals surface area contributed by atoms with Gasteiger partial charge in [0.05, 0.1) is 49.2 Å². The monoisotopic (exact) mass is 697 g/mol. The Hall–Kier alpha value is -4.59. The maximum Gasteiger partial charge on any atom is 0.409 e. The molecule has 4 aromatic rings. The minimum atomic E-state index is -0.360. The molecule has 15 heteroatoms. The molecule has 5 rings (SSSR count). The molecule has 1 fully saturated rings. The van der Waals surface area contributed by atoms with Crippen LogP contribution in [0.15, 0.2) is 54.7 Å². The lowest BCUT2D eigenvalue weighted by Gasteiger charge is -2.33. The van der Waals surface area contributed by atoms with E-state index in [9.17, 15) is 14.4 Å². The molecule has 1 saturated heterocycles. The fraction of sp³-hybridized carbons (Fsp3) is 0.364. The van der Waals surface area contributed by atoms with Gasteiger partial charge in [-0.2, -0.15) is 4.98 Å². The summed E-state index contributed by atoms with van der Waals surface area (Å²) in [5, 5.41) is 3.31. The van der Waals surface area contributed by atoms with Crippen molar-refractivity contribution in [2.24, 2.45) is 0 Å². The van der Waals surface area contributed by atoms with E-state index in [1.165, 1.54) is 12.0 Å². The summed E-state index contributed by atoms with van der Waals surface area (Å²) >= 11 is 13.3. The Morgan fingerprint density at radius 3 is 2.50 bits per heavy atom. The number of amides is 3. The summed E-state index contributed by atoms with van der Waals surface area (Å²) in [6, 6.07) is 15.0. The molecular formula is C33H37Cl2N7O6. The number of hydrogen-bond donors (Lipinski definition) is 1. The first-order valence-corrected chi connectivity index (χ1v) is 16.1. The number of para-hydroxylation sites is 1. The largest absolute Gasteiger partial charge is 0.486 e. The number of halogens is 2. The van der Waals surface area contributed by atoms with Crippen LogP contribution in [-0.2, 0) is 27.5 Å². The van der Waals surface area contributed by atoms with Gasteiger partial charge in [-0.15, -0.1) is 0 Å². The number of fused-ring (bicyclic) bond motifs is 1. The summed E-state index contributed by atoms with van der Waals surface area (Å²) in [4.78, 5) is 51.4. The van der Waals surface area contributed by atoms with Gasteiger partial charge in [0.2, 0.25) is 11.8 Å². The van der Waals surface area contributed by atoms with Crippen LogP contribution in [-0.4, -0.2) is 103 Å². The van der Waals surface area contributed by atoms with E-state index in [0.717, 1.165) is 11.2 Å². The number of imidazole rings is 1. The number of rotatable bonds is 12. The van der Waals surface area contributed by atoms with Gasteiger partial charge in [-0.3, -0.25) is 24.0 Å². The average molecular weight is 699 g/mol. The smallest absolute Gasteiger partial charge is 0.409 e. The second kappa shape index (κ2) is 16.0. The molecule has 1 N–H and O–H groups in total. The van der Waals surface area contributed by atoms with Crippen LogP contribution in [0, 0.1) is 0 Å². The van der Waals surface area contributed by atoms with Gasteiger partial charge in [-0.25, -0.2) is 4.79 Å². The first-order chi connectivity index (χ1) is 23.2. The normalized spacial score (nSPS) is 13.3. The Balaban J connectivity index is 1.19. The summed E-state index contributed by atoms with van der Waals surface area (Å²) in [5.41, 5.74) is 3.16. The summed E-state index contributed by atoms with van der Waals surface area (Å²) in [6.07, 6.45) is 1.60. The van der Waals surface area contributed by atoms with Crippen LogP contribution in [0.4, 0.5) is 10.5 Å². The van der Waals surface area contributed by atoms with E-state index in [4.69, 9.17) is 37.4 Å². The van der Waals surface area contributed by atoms with Crippen LogP contribution in [0.25, 0.3) is 11.0 Å². The van der Waals surface area contributed by atoms with E-state index in [1.807, 2.05) is 34.9 Å². The number of methoxy groups -OCH3 is 2. The SMILES string of the molecule is COC(=O)N1CCN(CCC(=O)NCC(=O)N(C)c2ccc(Cl)c(COc3cccc4c3nc(OC)n4Cc3ccccn3)c2Cl)CC1. The predicted molar refractivity (Wildman–Crippen MR) is 182 cm³/mol. The molecule has 0 atom stereocenters. The highest BCUT2D eigenvalue weighted by atomic mass is 35.5. The molecule has 0 aliphatic carbocycles. The second-order valence-electron chi connectivity index (χ2n) is 11.1. The number of pyridine rings is 1. The lowest BCUT2D eigenvalue weighted by atomic mass is 10.2. The first kappa shape index (κ1) is 34.7. The Morgan fingerprint density at radius 1 is 1.00 bits per heavy atom. The molecule has 48 heavy (non-hydrogen) atoms. The van der Waals surface area contributed by atoms with E-state index in [2.05, 4.69) is 20.2 Å². The summed E-state index contributed by atoms with van der Waals surface area (Å²) in [5.74, 6) is -0.112. The van der Waals surface area contributed by atoms with Crippen molar-refractivity contribution in [2.75, 3.05) is 65.4 Å². The minimum Gasteiger partial charge on any atom is -0.486 e. The van der Waals surface area contributed by atoms with Crippen molar-refractivity contribution in [1.82, 2.24) is 29.7 Å². The maximum atomic E-state index is 13.1. The third kappa shape index (κ3) is 8.09. The van der Waals surface area contributed by atoms with Crippen molar-refractivity contribution in [3.05, 3.63) is 76.0 Å². The van der Waals surface area contributed by atoms with Gasteiger partial charge in [0, 0.05) is 63.0 Å². The summed E-state index contributed by atoms with van der Waals surface area (Å²) < 4.78 is 18.4. The number of carbonyl (C=O) groups is 3. The third-order valence-electron chi connectivity index (χ3n) is 8.11. The number of benzene rings is 2. The molecule has 3 amide bonds. The molecule has 0 radical (unpaired) electrons. The summed E-state index contributed by atoms with van der Waals surface area (Å²) in [6.45, 7) is 3.13. The van der Waals surface area contributed by atoms with Crippen LogP contribution < -0.4 is 19.7 Å². The number of likely N-dealkylation sites (N-methyl/N-ethyl adjacent to an activating group) is 1. The molecule has 0 saturated carbocycles. The highest BCUT2D eigenvalue weighted by Gasteiger charge is 2.23. The Bertz CT molecular complexity index is 1760. The molecule has 1 aliphatic heterocycles. The van der Waals surface area contributed by atoms with Crippen molar-refractivity contribution < 1.29 is 28.6 Å². The van der Waals surface area contributed by atoms with Gasteiger partial charge in [0.15, 0.2) is 0 Å². The summed E-state index contributed by atoms with van der Waals surface area (Å²) in [7, 11) is 4.49. The van der Waals surface area contributed by atoms with Gasteiger partial charge in [0.25, 0.3) is 6.01 Å². The topological polar surface area (TPSA) is 131 Å². The Morgan fingerprint density at radius 2 is 1.79 bits per heavy atom. The number of hydrogen-bond acceptors (Lipinski definition) is 9. The lowest BCUT2D eigenvalue weighted by molar-refractivity contribution is -0.125. The predicted octanol–water partition coefficient (Wildman–Crippen LogP) is 4.23. The molecule has 0 bridgehead atoms. The second-order valence-corrected chi connectivity index (χ2v) is 11.8. The van der Waals surface area contributed by atoms with E-state index in [0.29, 0.717) is 72.8 Å². The Kier molecular flexibility index (Phi) is 11.6. The van der Waals surface area contributed by atoms with Crippen molar-refractivity contribution in [3.63, 3.8) is 0 Å². The molecule has 2 aromatic carbocycles. The standard InChI is InChI=1S/C33H37Cl2N7O6/c1-39(29(44)19-37-28(43)12-14-40-15-17-41(18-16-40)33(45)47-3)25-11-10-24(34)23(30(25)35)21-48-27-9-6-8-26-31(27)38-32(46-2)42(26)20-22-7-4-5-13-36-22/h4-11,13H,12,14-21H2,1-3H3,(H,37,43). The number of nitrogens with zero attached hydrogens (tertiary/aromatic N) is 6. The fourth-order valence-corrected chi connectivity index (χ4v) is 5.97. The van der Waals surface area contributed by atoms with Gasteiger partial charge in [0.1, 0.15) is 17.9 Å². The van der Waals surface area contributed by atoms with E-state index >= 15 is 0 Å². The molecule has 2 aromatic heterocycles. The zero-order valence-corrected chi connectivity index (χ0v) is 28.5. The highest BCUT2D eigenvalue weighted by Crippen LogP contribution is 2.36. The zero-order chi connectivity index (χ0) is 34.2. The zero-order valence-electron chi connectivity index (χ0n) is 26.9. The van der Waals surface area contributed by atoms with Gasteiger partial charge < -0.3 is 29.3 Å². The number of aromatic nitrogens is 3. The molecule has 0 unspecified atom stereocenters. The Labute approximate surface area is 288 Å². The quantitative estimate of drug-likeness (QED) is 0.231. The third-order valence-corrected chi connectivity index (χ3v) is 8.88. The average Bonchev–Trinajstić information content (AvgIpc) is 3.47. The van der Waals surface area contributed by atoms with Crippen LogP contribution in [0.1, 0.15) is 17.7 Å². The number of piperazine rings is 1. The first-order valence-electron chi connectivity index (χ1n) is 15.3.